The van der Waals surface area contributed by atoms with Crippen LogP contribution in [0.5, 0.6) is 0 Å². The van der Waals surface area contributed by atoms with Crippen LogP contribution in [0.25, 0.3) is 0 Å². The van der Waals surface area contributed by atoms with Crippen molar-refractivity contribution in [3.05, 3.63) is 48.5 Å². The van der Waals surface area contributed by atoms with Gasteiger partial charge in [-0.05, 0) is 48.5 Å². The predicted octanol–water partition coefficient (Wildman–Crippen LogP) is 2.65. The summed E-state index contributed by atoms with van der Waals surface area (Å²) in [5.74, 6) is 0. The van der Waals surface area contributed by atoms with Crippen molar-refractivity contribution in [1.82, 2.24) is 0 Å². The Morgan fingerprint density at radius 2 is 1.00 bits per heavy atom. The lowest BCUT2D eigenvalue weighted by Crippen LogP contribution is -2.07. The van der Waals surface area contributed by atoms with E-state index in [1.165, 1.54) is 0 Å². The molecule has 0 saturated heterocycles. The summed E-state index contributed by atoms with van der Waals surface area (Å²) < 4.78 is 9.80. The summed E-state index contributed by atoms with van der Waals surface area (Å²) >= 11 is 0. The topological polar surface area (TPSA) is 94.6 Å². The molecule has 0 radical (unpaired) electrons. The van der Waals surface area contributed by atoms with Crippen molar-refractivity contribution < 1.29 is 9.47 Å². The van der Waals surface area contributed by atoms with Crippen molar-refractivity contribution >= 4 is 22.7 Å². The van der Waals surface area contributed by atoms with Crippen molar-refractivity contribution in [1.29, 1.82) is 0 Å². The highest BCUT2D eigenvalue weighted by molar-refractivity contribution is 5.51. The highest BCUT2D eigenvalue weighted by atomic mass is 16.5. The molecular weight excluding hydrogens is 304 g/mol. The van der Waals surface area contributed by atoms with Gasteiger partial charge < -0.3 is 31.6 Å². The lowest BCUT2D eigenvalue weighted by Gasteiger charge is -2.04. The maximum atomic E-state index is 5.53. The van der Waals surface area contributed by atoms with Crippen molar-refractivity contribution in [2.75, 3.05) is 62.6 Å². The van der Waals surface area contributed by atoms with Gasteiger partial charge in [0, 0.05) is 50.1 Å². The number of ether oxygens (including phenoxy) is 2. The van der Waals surface area contributed by atoms with E-state index in [1.807, 2.05) is 48.5 Å². The molecule has 6 N–H and O–H groups in total. The van der Waals surface area contributed by atoms with Crippen molar-refractivity contribution in [2.45, 2.75) is 0 Å². The molecule has 0 aliphatic heterocycles. The molecule has 0 aromatic heterocycles. The van der Waals surface area contributed by atoms with Crippen molar-refractivity contribution in [3.63, 3.8) is 0 Å². The normalized spacial score (nSPS) is 9.75. The summed E-state index contributed by atoms with van der Waals surface area (Å²) in [4.78, 5) is 0. The lowest BCUT2D eigenvalue weighted by molar-refractivity contribution is 0.210. The predicted molar refractivity (Wildman–Crippen MR) is 102 cm³/mol. The number of anilines is 4. The molecule has 0 saturated carbocycles. The van der Waals surface area contributed by atoms with Crippen LogP contribution in [0.3, 0.4) is 0 Å². The van der Waals surface area contributed by atoms with Gasteiger partial charge in [0.15, 0.2) is 0 Å². The van der Waals surface area contributed by atoms with Crippen LogP contribution < -0.4 is 22.1 Å². The number of nitrogens with two attached hydrogens (primary N) is 2. The molecule has 0 unspecified atom stereocenters. The van der Waals surface area contributed by atoms with E-state index in [0.29, 0.717) is 13.2 Å². The summed E-state index contributed by atoms with van der Waals surface area (Å²) in [7, 11) is 3.37. The number of hydrogen-bond acceptors (Lipinski definition) is 6. The van der Waals surface area contributed by atoms with Gasteiger partial charge in [0.05, 0.1) is 13.2 Å². The number of nitrogens with one attached hydrogen (secondary N) is 2. The van der Waals surface area contributed by atoms with Gasteiger partial charge in [0.2, 0.25) is 0 Å². The first-order chi connectivity index (χ1) is 11.7. The molecule has 0 amide bonds. The second-order valence-electron chi connectivity index (χ2n) is 5.08. The van der Waals surface area contributed by atoms with Gasteiger partial charge in [-0.1, -0.05) is 0 Å². The van der Waals surface area contributed by atoms with Gasteiger partial charge in [-0.3, -0.25) is 0 Å². The zero-order chi connectivity index (χ0) is 17.6. The third kappa shape index (κ3) is 8.87. The number of methoxy groups -OCH3 is 2. The van der Waals surface area contributed by atoms with E-state index >= 15 is 0 Å². The summed E-state index contributed by atoms with van der Waals surface area (Å²) in [6, 6.07) is 15.3. The Kier molecular flexibility index (Phi) is 9.84. The third-order valence-electron chi connectivity index (χ3n) is 3.09. The fraction of sp³-hybridized carbons (Fsp3) is 0.333. The molecule has 0 bridgehead atoms. The van der Waals surface area contributed by atoms with Crippen LogP contribution in [0.15, 0.2) is 48.5 Å². The van der Waals surface area contributed by atoms with Gasteiger partial charge in [-0.2, -0.15) is 0 Å². The number of rotatable bonds is 8. The van der Waals surface area contributed by atoms with Gasteiger partial charge >= 0.3 is 0 Å². The molecule has 0 fully saturated rings. The summed E-state index contributed by atoms with van der Waals surface area (Å²) in [6.07, 6.45) is 0. The van der Waals surface area contributed by atoms with Gasteiger partial charge in [-0.25, -0.2) is 0 Å². The third-order valence-corrected chi connectivity index (χ3v) is 3.09. The fourth-order valence-electron chi connectivity index (χ4n) is 1.80. The molecule has 0 atom stereocenters. The Morgan fingerprint density at radius 1 is 0.667 bits per heavy atom. The largest absolute Gasteiger partial charge is 0.399 e. The van der Waals surface area contributed by atoms with E-state index < -0.39 is 0 Å². The molecular formula is C18H28N4O2. The zero-order valence-electron chi connectivity index (χ0n) is 14.4. The molecule has 6 heteroatoms. The standard InChI is InChI=1S/2C9H14N2O/c2*1-12-7-6-11-9-4-2-8(10)3-5-9/h2*2-5,11H,6-7,10H2,1H3. The second-order valence-corrected chi connectivity index (χ2v) is 5.08. The van der Waals surface area contributed by atoms with Crippen LogP contribution in [-0.4, -0.2) is 40.5 Å². The lowest BCUT2D eigenvalue weighted by atomic mass is 10.3. The van der Waals surface area contributed by atoms with E-state index in [0.717, 1.165) is 35.8 Å². The van der Waals surface area contributed by atoms with Crippen LogP contribution in [-0.2, 0) is 9.47 Å². The van der Waals surface area contributed by atoms with Crippen LogP contribution in [0.4, 0.5) is 22.7 Å². The summed E-state index contributed by atoms with van der Waals surface area (Å²) in [6.45, 7) is 3.07. The molecule has 6 nitrogen and oxygen atoms in total. The summed E-state index contributed by atoms with van der Waals surface area (Å²) in [5, 5.41) is 6.38. The van der Waals surface area contributed by atoms with Gasteiger partial charge in [0.25, 0.3) is 0 Å². The first kappa shape index (κ1) is 19.6. The molecule has 2 aromatic rings. The molecule has 0 spiro atoms. The molecule has 24 heavy (non-hydrogen) atoms. The van der Waals surface area contributed by atoms with E-state index in [4.69, 9.17) is 20.9 Å². The van der Waals surface area contributed by atoms with Crippen LogP contribution in [0.2, 0.25) is 0 Å². The van der Waals surface area contributed by atoms with Gasteiger partial charge in [0.1, 0.15) is 0 Å². The van der Waals surface area contributed by atoms with E-state index in [2.05, 4.69) is 10.6 Å². The molecule has 2 aromatic carbocycles. The minimum absolute atomic E-state index is 0.713. The maximum absolute atomic E-state index is 5.53. The van der Waals surface area contributed by atoms with E-state index in [9.17, 15) is 0 Å². The van der Waals surface area contributed by atoms with Crippen LogP contribution in [0.1, 0.15) is 0 Å². The first-order valence-electron chi connectivity index (χ1n) is 7.82. The Bertz CT molecular complexity index is 492. The minimum Gasteiger partial charge on any atom is -0.399 e. The Labute approximate surface area is 144 Å². The number of hydrogen-bond donors (Lipinski definition) is 4. The van der Waals surface area contributed by atoms with Gasteiger partial charge in [-0.15, -0.1) is 0 Å². The Hall–Kier alpha value is -2.44. The van der Waals surface area contributed by atoms with Crippen LogP contribution in [0, 0.1) is 0 Å². The summed E-state index contributed by atoms with van der Waals surface area (Å²) in [5.41, 5.74) is 14.8. The Balaban J connectivity index is 0.000000240. The smallest absolute Gasteiger partial charge is 0.0635 e. The zero-order valence-corrected chi connectivity index (χ0v) is 14.4. The average molecular weight is 332 g/mol. The monoisotopic (exact) mass is 332 g/mol. The van der Waals surface area contributed by atoms with Crippen LogP contribution >= 0.6 is 0 Å². The quantitative estimate of drug-likeness (QED) is 0.438. The van der Waals surface area contributed by atoms with Crippen molar-refractivity contribution in [2.24, 2.45) is 0 Å². The number of benzene rings is 2. The van der Waals surface area contributed by atoms with E-state index in [1.54, 1.807) is 14.2 Å². The molecule has 2 rings (SSSR count). The molecule has 0 heterocycles. The minimum atomic E-state index is 0.713. The highest BCUT2D eigenvalue weighted by Gasteiger charge is 1.90. The van der Waals surface area contributed by atoms with E-state index in [-0.39, 0.29) is 0 Å². The second kappa shape index (κ2) is 12.0. The number of nitrogen functional groups attached to an aromatic ring is 2. The first-order valence-corrected chi connectivity index (χ1v) is 7.82. The SMILES string of the molecule is COCCNc1ccc(N)cc1.COCCNc1ccc(N)cc1. The highest BCUT2D eigenvalue weighted by Crippen LogP contribution is 2.10. The maximum Gasteiger partial charge on any atom is 0.0635 e. The fourth-order valence-corrected chi connectivity index (χ4v) is 1.80. The molecule has 0 aliphatic carbocycles. The molecule has 132 valence electrons. The molecule has 0 aliphatic rings. The Morgan fingerprint density at radius 3 is 1.29 bits per heavy atom. The average Bonchev–Trinajstić information content (AvgIpc) is 2.59. The van der Waals surface area contributed by atoms with Crippen molar-refractivity contribution in [3.8, 4) is 0 Å².